The molecule has 8 nitrogen and oxygen atoms in total. The van der Waals surface area contributed by atoms with E-state index in [4.69, 9.17) is 4.74 Å². The van der Waals surface area contributed by atoms with Gasteiger partial charge in [-0.3, -0.25) is 19.7 Å². The Morgan fingerprint density at radius 1 is 1.08 bits per heavy atom. The minimum atomic E-state index is -0.526. The molecule has 130 valence electrons. The average molecular weight is 343 g/mol. The van der Waals surface area contributed by atoms with Crippen LogP contribution in [0.15, 0.2) is 48.5 Å². The molecule has 2 aromatic rings. The minimum absolute atomic E-state index is 0.0680. The lowest BCUT2D eigenvalue weighted by molar-refractivity contribution is -0.384. The highest BCUT2D eigenvalue weighted by atomic mass is 16.6. The number of amides is 2. The van der Waals surface area contributed by atoms with E-state index in [2.05, 4.69) is 5.32 Å². The summed E-state index contributed by atoms with van der Waals surface area (Å²) in [5.74, 6) is -0.0366. The number of nitrogens with zero attached hydrogens (tertiary/aromatic N) is 2. The number of ether oxygens (including phenoxy) is 1. The molecule has 2 rings (SSSR count). The van der Waals surface area contributed by atoms with Gasteiger partial charge in [-0.1, -0.05) is 0 Å². The van der Waals surface area contributed by atoms with E-state index >= 15 is 0 Å². The Balaban J connectivity index is 1.95. The number of non-ortho nitro benzene ring substituents is 1. The lowest BCUT2D eigenvalue weighted by Gasteiger charge is -2.11. The molecule has 0 spiro atoms. The number of carbonyl (C=O) groups is 2. The molecule has 0 aromatic heterocycles. The van der Waals surface area contributed by atoms with Gasteiger partial charge in [0.25, 0.3) is 17.5 Å². The molecule has 0 bridgehead atoms. The lowest BCUT2D eigenvalue weighted by Crippen LogP contribution is -2.27. The van der Waals surface area contributed by atoms with Crippen molar-refractivity contribution in [1.29, 1.82) is 0 Å². The molecule has 0 saturated heterocycles. The fourth-order valence-electron chi connectivity index (χ4n) is 1.85. The van der Waals surface area contributed by atoms with Crippen molar-refractivity contribution >= 4 is 23.2 Å². The largest absolute Gasteiger partial charge is 0.484 e. The number of rotatable bonds is 6. The Kier molecular flexibility index (Phi) is 5.67. The molecule has 25 heavy (non-hydrogen) atoms. The summed E-state index contributed by atoms with van der Waals surface area (Å²) in [5.41, 5.74) is 0.766. The van der Waals surface area contributed by atoms with Crippen LogP contribution in [0.5, 0.6) is 5.75 Å². The van der Waals surface area contributed by atoms with Crippen LogP contribution < -0.4 is 10.1 Å². The van der Waals surface area contributed by atoms with Crippen LogP contribution in [0.3, 0.4) is 0 Å². The summed E-state index contributed by atoms with van der Waals surface area (Å²) < 4.78 is 5.34. The number of anilines is 1. The molecule has 0 aliphatic carbocycles. The zero-order valence-corrected chi connectivity index (χ0v) is 13.8. The van der Waals surface area contributed by atoms with Gasteiger partial charge in [-0.05, 0) is 36.4 Å². The van der Waals surface area contributed by atoms with Crippen LogP contribution in [0, 0.1) is 10.1 Å². The fraction of sp³-hybridized carbons (Fsp3) is 0.176. The molecule has 2 amide bonds. The highest BCUT2D eigenvalue weighted by Crippen LogP contribution is 2.17. The van der Waals surface area contributed by atoms with E-state index in [-0.39, 0.29) is 24.1 Å². The van der Waals surface area contributed by atoms with Crippen molar-refractivity contribution in [2.24, 2.45) is 0 Å². The second-order valence-corrected chi connectivity index (χ2v) is 5.36. The monoisotopic (exact) mass is 343 g/mol. The molecule has 0 atom stereocenters. The lowest BCUT2D eigenvalue weighted by atomic mass is 10.2. The van der Waals surface area contributed by atoms with Crippen LogP contribution in [0.25, 0.3) is 0 Å². The van der Waals surface area contributed by atoms with Crippen molar-refractivity contribution in [1.82, 2.24) is 4.90 Å². The Labute approximate surface area is 144 Å². The number of likely N-dealkylation sites (N-methyl/N-ethyl adjacent to an activating group) is 1. The van der Waals surface area contributed by atoms with Gasteiger partial charge < -0.3 is 15.0 Å². The second-order valence-electron chi connectivity index (χ2n) is 5.36. The van der Waals surface area contributed by atoms with Gasteiger partial charge in [-0.25, -0.2) is 0 Å². The standard InChI is InChI=1S/C17H17N3O5/c1-19(2)16(21)11-25-15-9-5-13(6-10-15)18-17(22)12-3-7-14(8-4-12)20(23)24/h3-10H,11H2,1-2H3,(H,18,22). The first kappa shape index (κ1) is 17.9. The first-order valence-electron chi connectivity index (χ1n) is 7.35. The summed E-state index contributed by atoms with van der Waals surface area (Å²) in [5, 5.41) is 13.3. The SMILES string of the molecule is CN(C)C(=O)COc1ccc(NC(=O)c2ccc([N+](=O)[O-])cc2)cc1. The molecule has 0 aliphatic heterocycles. The first-order chi connectivity index (χ1) is 11.9. The van der Waals surface area contributed by atoms with E-state index in [9.17, 15) is 19.7 Å². The van der Waals surface area contributed by atoms with Crippen LogP contribution in [0.2, 0.25) is 0 Å². The van der Waals surface area contributed by atoms with Gasteiger partial charge in [0.1, 0.15) is 5.75 Å². The van der Waals surface area contributed by atoms with Crippen LogP contribution in [0.4, 0.5) is 11.4 Å². The Morgan fingerprint density at radius 2 is 1.68 bits per heavy atom. The number of nitrogens with one attached hydrogen (secondary N) is 1. The maximum atomic E-state index is 12.1. The molecule has 0 radical (unpaired) electrons. The molecular formula is C17H17N3O5. The summed E-state index contributed by atoms with van der Waals surface area (Å²) in [7, 11) is 3.28. The van der Waals surface area contributed by atoms with Crippen molar-refractivity contribution < 1.29 is 19.2 Å². The van der Waals surface area contributed by atoms with E-state index in [0.29, 0.717) is 17.0 Å². The highest BCUT2D eigenvalue weighted by molar-refractivity contribution is 6.04. The average Bonchev–Trinajstić information content (AvgIpc) is 2.60. The van der Waals surface area contributed by atoms with E-state index in [1.54, 1.807) is 38.4 Å². The maximum absolute atomic E-state index is 12.1. The number of carbonyl (C=O) groups excluding carboxylic acids is 2. The normalized spacial score (nSPS) is 10.0. The van der Waals surface area contributed by atoms with Crippen molar-refractivity contribution in [3.05, 3.63) is 64.2 Å². The van der Waals surface area contributed by atoms with Gasteiger partial charge in [0.2, 0.25) is 0 Å². The van der Waals surface area contributed by atoms with Crippen molar-refractivity contribution in [2.45, 2.75) is 0 Å². The maximum Gasteiger partial charge on any atom is 0.269 e. The highest BCUT2D eigenvalue weighted by Gasteiger charge is 2.10. The zero-order chi connectivity index (χ0) is 18.4. The predicted octanol–water partition coefficient (Wildman–Crippen LogP) is 2.31. The predicted molar refractivity (Wildman–Crippen MR) is 91.7 cm³/mol. The zero-order valence-electron chi connectivity index (χ0n) is 13.8. The Hall–Kier alpha value is -3.42. The molecule has 0 heterocycles. The van der Waals surface area contributed by atoms with E-state index in [1.807, 2.05) is 0 Å². The fourth-order valence-corrected chi connectivity index (χ4v) is 1.85. The summed E-state index contributed by atoms with van der Waals surface area (Å²) in [6.07, 6.45) is 0. The second kappa shape index (κ2) is 7.91. The third-order valence-electron chi connectivity index (χ3n) is 3.31. The third kappa shape index (κ3) is 5.03. The quantitative estimate of drug-likeness (QED) is 0.640. The number of hydrogen-bond donors (Lipinski definition) is 1. The smallest absolute Gasteiger partial charge is 0.269 e. The number of hydrogen-bond acceptors (Lipinski definition) is 5. The number of benzene rings is 2. The molecule has 0 unspecified atom stereocenters. The topological polar surface area (TPSA) is 102 Å². The third-order valence-corrected chi connectivity index (χ3v) is 3.31. The number of nitro benzene ring substituents is 1. The summed E-state index contributed by atoms with van der Waals surface area (Å²) >= 11 is 0. The van der Waals surface area contributed by atoms with Gasteiger partial charge in [0.05, 0.1) is 4.92 Å². The van der Waals surface area contributed by atoms with Crippen molar-refractivity contribution in [2.75, 3.05) is 26.0 Å². The molecule has 0 fully saturated rings. The minimum Gasteiger partial charge on any atom is -0.484 e. The molecule has 0 saturated carbocycles. The van der Waals surface area contributed by atoms with Gasteiger partial charge >= 0.3 is 0 Å². The Bertz CT molecular complexity index is 770. The van der Waals surface area contributed by atoms with E-state index < -0.39 is 4.92 Å². The summed E-state index contributed by atoms with van der Waals surface area (Å²) in [6.45, 7) is -0.0680. The van der Waals surface area contributed by atoms with Gasteiger partial charge in [-0.15, -0.1) is 0 Å². The van der Waals surface area contributed by atoms with Gasteiger partial charge in [-0.2, -0.15) is 0 Å². The van der Waals surface area contributed by atoms with Crippen LogP contribution in [0.1, 0.15) is 10.4 Å². The summed E-state index contributed by atoms with van der Waals surface area (Å²) in [4.78, 5) is 35.1. The number of nitro groups is 1. The first-order valence-corrected chi connectivity index (χ1v) is 7.35. The molecular weight excluding hydrogens is 326 g/mol. The molecule has 2 aromatic carbocycles. The van der Waals surface area contributed by atoms with Gasteiger partial charge in [0.15, 0.2) is 6.61 Å². The van der Waals surface area contributed by atoms with E-state index in [1.165, 1.54) is 29.2 Å². The Morgan fingerprint density at radius 3 is 2.20 bits per heavy atom. The van der Waals surface area contributed by atoms with E-state index in [0.717, 1.165) is 0 Å². The van der Waals surface area contributed by atoms with Crippen molar-refractivity contribution in [3.63, 3.8) is 0 Å². The van der Waals surface area contributed by atoms with Crippen LogP contribution >= 0.6 is 0 Å². The molecule has 0 aliphatic rings. The molecule has 8 heteroatoms. The van der Waals surface area contributed by atoms with Crippen LogP contribution in [-0.2, 0) is 4.79 Å². The van der Waals surface area contributed by atoms with Crippen LogP contribution in [-0.4, -0.2) is 42.3 Å². The summed E-state index contributed by atoms with van der Waals surface area (Å²) in [6, 6.07) is 11.9. The molecule has 1 N–H and O–H groups in total. The van der Waals surface area contributed by atoms with Crippen molar-refractivity contribution in [3.8, 4) is 5.75 Å². The van der Waals surface area contributed by atoms with Gasteiger partial charge in [0, 0.05) is 37.5 Å².